The first-order valence-electron chi connectivity index (χ1n) is 5.73. The molecular weight excluding hydrogens is 206 g/mol. The molecule has 0 saturated carbocycles. The first kappa shape index (κ1) is 12.7. The van der Waals surface area contributed by atoms with E-state index in [2.05, 4.69) is 22.2 Å². The number of hydrogen-bond acceptors (Lipinski definition) is 3. The zero-order valence-corrected chi connectivity index (χ0v) is 9.70. The third-order valence-corrected chi connectivity index (χ3v) is 2.72. The van der Waals surface area contributed by atoms with Crippen molar-refractivity contribution in [3.8, 4) is 0 Å². The van der Waals surface area contributed by atoms with Gasteiger partial charge in [0.25, 0.3) is 0 Å². The predicted molar refractivity (Wildman–Crippen MR) is 60.7 cm³/mol. The Morgan fingerprint density at radius 2 is 2.25 bits per heavy atom. The maximum atomic E-state index is 11.7. The highest BCUT2D eigenvalue weighted by molar-refractivity contribution is 5.79. The smallest absolute Gasteiger partial charge is 0.305 e. The Hall–Kier alpha value is -1.32. The zero-order chi connectivity index (χ0) is 11.8. The van der Waals surface area contributed by atoms with Crippen LogP contribution in [0.5, 0.6) is 0 Å². The largest absolute Gasteiger partial charge is 0.469 e. The molecule has 0 saturated heterocycles. The summed E-state index contributed by atoms with van der Waals surface area (Å²) >= 11 is 0. The third kappa shape index (κ3) is 4.47. The highest BCUT2D eigenvalue weighted by Gasteiger charge is 2.17. The lowest BCUT2D eigenvalue weighted by molar-refractivity contribution is -0.140. The van der Waals surface area contributed by atoms with Gasteiger partial charge in [-0.15, -0.1) is 0 Å². The van der Waals surface area contributed by atoms with Crippen LogP contribution < -0.4 is 5.32 Å². The number of methoxy groups -OCH3 is 1. The van der Waals surface area contributed by atoms with E-state index in [0.29, 0.717) is 19.4 Å². The van der Waals surface area contributed by atoms with Gasteiger partial charge in [0.15, 0.2) is 0 Å². The normalized spacial score (nSPS) is 19.2. The lowest BCUT2D eigenvalue weighted by atomic mass is 9.94. The number of carbonyl (C=O) groups is 2. The van der Waals surface area contributed by atoms with Gasteiger partial charge in [-0.05, 0) is 25.7 Å². The summed E-state index contributed by atoms with van der Waals surface area (Å²) in [5.74, 6) is -0.00723. The number of amides is 1. The molecule has 1 aliphatic carbocycles. The van der Waals surface area contributed by atoms with Crippen LogP contribution >= 0.6 is 0 Å². The van der Waals surface area contributed by atoms with Gasteiger partial charge in [0.2, 0.25) is 5.91 Å². The number of allylic oxidation sites excluding steroid dienone is 2. The molecular formula is C12H19NO3. The molecule has 0 aromatic heterocycles. The van der Waals surface area contributed by atoms with Gasteiger partial charge in [-0.25, -0.2) is 0 Å². The Balaban J connectivity index is 2.10. The van der Waals surface area contributed by atoms with Crippen molar-refractivity contribution in [3.63, 3.8) is 0 Å². The molecule has 1 rings (SSSR count). The lowest BCUT2D eigenvalue weighted by Gasteiger charge is -2.16. The monoisotopic (exact) mass is 225 g/mol. The van der Waals surface area contributed by atoms with Gasteiger partial charge in [0.1, 0.15) is 0 Å². The fourth-order valence-corrected chi connectivity index (χ4v) is 1.72. The number of ether oxygens (including phenoxy) is 1. The molecule has 0 bridgehead atoms. The van der Waals surface area contributed by atoms with Crippen molar-refractivity contribution in [1.29, 1.82) is 0 Å². The summed E-state index contributed by atoms with van der Waals surface area (Å²) in [5, 5.41) is 2.85. The van der Waals surface area contributed by atoms with E-state index in [0.717, 1.165) is 19.3 Å². The van der Waals surface area contributed by atoms with Crippen molar-refractivity contribution in [3.05, 3.63) is 12.2 Å². The van der Waals surface area contributed by atoms with Crippen LogP contribution in [0.2, 0.25) is 0 Å². The highest BCUT2D eigenvalue weighted by atomic mass is 16.5. The average molecular weight is 225 g/mol. The molecule has 0 spiro atoms. The van der Waals surface area contributed by atoms with Gasteiger partial charge in [-0.3, -0.25) is 9.59 Å². The summed E-state index contributed by atoms with van der Waals surface area (Å²) in [4.78, 5) is 22.5. The fourth-order valence-electron chi connectivity index (χ4n) is 1.72. The molecule has 90 valence electrons. The summed E-state index contributed by atoms with van der Waals surface area (Å²) in [6, 6.07) is 0. The number of carbonyl (C=O) groups excluding carboxylic acids is 2. The topological polar surface area (TPSA) is 55.4 Å². The molecule has 16 heavy (non-hydrogen) atoms. The second kappa shape index (κ2) is 7.04. The van der Waals surface area contributed by atoms with Crippen LogP contribution in [0, 0.1) is 5.92 Å². The van der Waals surface area contributed by atoms with Crippen LogP contribution in [0.15, 0.2) is 12.2 Å². The predicted octanol–water partition coefficient (Wildman–Crippen LogP) is 1.41. The van der Waals surface area contributed by atoms with Crippen molar-refractivity contribution in [2.75, 3.05) is 13.7 Å². The van der Waals surface area contributed by atoms with E-state index in [4.69, 9.17) is 0 Å². The van der Waals surface area contributed by atoms with Gasteiger partial charge >= 0.3 is 5.97 Å². The van der Waals surface area contributed by atoms with Crippen molar-refractivity contribution >= 4 is 11.9 Å². The van der Waals surface area contributed by atoms with Crippen molar-refractivity contribution < 1.29 is 14.3 Å². The Morgan fingerprint density at radius 1 is 1.44 bits per heavy atom. The molecule has 0 fully saturated rings. The molecule has 4 nitrogen and oxygen atoms in total. The Morgan fingerprint density at radius 3 is 2.88 bits per heavy atom. The minimum atomic E-state index is -0.227. The summed E-state index contributed by atoms with van der Waals surface area (Å²) in [5.41, 5.74) is 0. The number of nitrogens with one attached hydrogen (secondary N) is 1. The summed E-state index contributed by atoms with van der Waals surface area (Å²) in [6.07, 6.45) is 7.92. The number of rotatable bonds is 5. The molecule has 1 N–H and O–H groups in total. The average Bonchev–Trinajstić information content (AvgIpc) is 2.35. The Kier molecular flexibility index (Phi) is 5.61. The molecule has 1 atom stereocenters. The van der Waals surface area contributed by atoms with Crippen LogP contribution in [-0.4, -0.2) is 25.5 Å². The SMILES string of the molecule is COC(=O)CCCNC(=O)C1CC=CCC1. The fraction of sp³-hybridized carbons (Fsp3) is 0.667. The summed E-state index contributed by atoms with van der Waals surface area (Å²) in [7, 11) is 1.37. The van der Waals surface area contributed by atoms with E-state index in [-0.39, 0.29) is 17.8 Å². The van der Waals surface area contributed by atoms with Crippen molar-refractivity contribution in [2.24, 2.45) is 5.92 Å². The molecule has 1 amide bonds. The minimum absolute atomic E-state index is 0.106. The van der Waals surface area contributed by atoms with Crippen LogP contribution in [0.3, 0.4) is 0 Å². The molecule has 0 heterocycles. The highest BCUT2D eigenvalue weighted by Crippen LogP contribution is 2.17. The summed E-state index contributed by atoms with van der Waals surface area (Å²) < 4.78 is 4.51. The van der Waals surface area contributed by atoms with E-state index in [1.54, 1.807) is 0 Å². The van der Waals surface area contributed by atoms with Crippen molar-refractivity contribution in [2.45, 2.75) is 32.1 Å². The quantitative estimate of drug-likeness (QED) is 0.437. The second-order valence-corrected chi connectivity index (χ2v) is 3.95. The zero-order valence-electron chi connectivity index (χ0n) is 9.70. The number of hydrogen-bond donors (Lipinski definition) is 1. The maximum Gasteiger partial charge on any atom is 0.305 e. The number of esters is 1. The van der Waals surface area contributed by atoms with E-state index >= 15 is 0 Å². The minimum Gasteiger partial charge on any atom is -0.469 e. The van der Waals surface area contributed by atoms with Crippen LogP contribution in [-0.2, 0) is 14.3 Å². The Bertz CT molecular complexity index is 273. The molecule has 0 aromatic rings. The van der Waals surface area contributed by atoms with Gasteiger partial charge in [0.05, 0.1) is 7.11 Å². The van der Waals surface area contributed by atoms with Crippen molar-refractivity contribution in [1.82, 2.24) is 5.32 Å². The first-order valence-corrected chi connectivity index (χ1v) is 5.73. The van der Waals surface area contributed by atoms with Crippen LogP contribution in [0.4, 0.5) is 0 Å². The molecule has 1 aliphatic rings. The first-order chi connectivity index (χ1) is 7.74. The van der Waals surface area contributed by atoms with E-state index < -0.39 is 0 Å². The van der Waals surface area contributed by atoms with Crippen LogP contribution in [0.25, 0.3) is 0 Å². The molecule has 4 heteroatoms. The van der Waals surface area contributed by atoms with Crippen LogP contribution in [0.1, 0.15) is 32.1 Å². The second-order valence-electron chi connectivity index (χ2n) is 3.95. The van der Waals surface area contributed by atoms with E-state index in [1.807, 2.05) is 0 Å². The molecule has 0 aliphatic heterocycles. The lowest BCUT2D eigenvalue weighted by Crippen LogP contribution is -2.32. The molecule has 1 unspecified atom stereocenters. The standard InChI is InChI=1S/C12H19NO3/c1-16-11(14)8-5-9-13-12(15)10-6-3-2-4-7-10/h2-3,10H,4-9H2,1H3,(H,13,15). The van der Waals surface area contributed by atoms with Gasteiger partial charge in [-0.2, -0.15) is 0 Å². The van der Waals surface area contributed by atoms with Gasteiger partial charge in [0, 0.05) is 18.9 Å². The molecule has 0 aromatic carbocycles. The Labute approximate surface area is 96.0 Å². The maximum absolute atomic E-state index is 11.7. The van der Waals surface area contributed by atoms with E-state index in [1.165, 1.54) is 7.11 Å². The van der Waals surface area contributed by atoms with E-state index in [9.17, 15) is 9.59 Å². The molecule has 0 radical (unpaired) electrons. The summed E-state index contributed by atoms with van der Waals surface area (Å²) in [6.45, 7) is 0.550. The van der Waals surface area contributed by atoms with Gasteiger partial charge in [-0.1, -0.05) is 12.2 Å². The van der Waals surface area contributed by atoms with Gasteiger partial charge < -0.3 is 10.1 Å². The third-order valence-electron chi connectivity index (χ3n) is 2.72.